The number of methoxy groups -OCH3 is 1. The zero-order chi connectivity index (χ0) is 14.7. The number of anilines is 1. The lowest BCUT2D eigenvalue weighted by molar-refractivity contribution is 0.102. The van der Waals surface area contributed by atoms with Crippen molar-refractivity contribution in [1.29, 1.82) is 0 Å². The molecule has 0 aliphatic carbocycles. The van der Waals surface area contributed by atoms with Crippen LogP contribution in [0.25, 0.3) is 0 Å². The van der Waals surface area contributed by atoms with Gasteiger partial charge in [0.15, 0.2) is 0 Å². The van der Waals surface area contributed by atoms with Crippen LogP contribution in [0.1, 0.15) is 15.9 Å². The molecule has 1 N–H and O–H groups in total. The molecule has 2 rings (SSSR count). The van der Waals surface area contributed by atoms with E-state index >= 15 is 0 Å². The van der Waals surface area contributed by atoms with Crippen molar-refractivity contribution in [2.75, 3.05) is 12.4 Å². The monoisotopic (exact) mass is 353 g/mol. The fourth-order valence-corrected chi connectivity index (χ4v) is 2.64. The van der Waals surface area contributed by atoms with Crippen molar-refractivity contribution < 1.29 is 9.53 Å². The Morgan fingerprint density at radius 3 is 2.60 bits per heavy atom. The molecule has 20 heavy (non-hydrogen) atoms. The number of aryl methyl sites for hydroxylation is 1. The van der Waals surface area contributed by atoms with Gasteiger partial charge in [-0.25, -0.2) is 0 Å². The Bertz CT molecular complexity index is 638. The number of amides is 1. The molecule has 0 radical (unpaired) electrons. The van der Waals surface area contributed by atoms with Crippen LogP contribution in [0, 0.1) is 6.92 Å². The first-order valence-corrected chi connectivity index (χ1v) is 7.09. The summed E-state index contributed by atoms with van der Waals surface area (Å²) in [4.78, 5) is 12.2. The molecular formula is C15H13BrClNO2. The van der Waals surface area contributed by atoms with E-state index in [1.54, 1.807) is 31.4 Å². The predicted molar refractivity (Wildman–Crippen MR) is 84.8 cm³/mol. The van der Waals surface area contributed by atoms with Crippen molar-refractivity contribution in [2.24, 2.45) is 0 Å². The summed E-state index contributed by atoms with van der Waals surface area (Å²) in [5, 5.41) is 3.37. The number of carbonyl (C=O) groups excluding carboxylic acids is 1. The standard InChI is InChI=1S/C15H13BrClNO2/c1-9-5-13(20-2)3-4-14(9)18-15(19)10-6-11(16)8-12(17)7-10/h3-8H,1-2H3,(H,18,19). The maximum atomic E-state index is 12.2. The van der Waals surface area contributed by atoms with Gasteiger partial charge in [-0.1, -0.05) is 27.5 Å². The summed E-state index contributed by atoms with van der Waals surface area (Å²) >= 11 is 9.26. The number of rotatable bonds is 3. The normalized spacial score (nSPS) is 10.2. The van der Waals surface area contributed by atoms with E-state index in [1.807, 2.05) is 19.1 Å². The molecule has 0 spiro atoms. The van der Waals surface area contributed by atoms with E-state index in [1.165, 1.54) is 0 Å². The molecule has 0 unspecified atom stereocenters. The maximum Gasteiger partial charge on any atom is 0.255 e. The van der Waals surface area contributed by atoms with Crippen molar-refractivity contribution in [3.05, 3.63) is 57.0 Å². The third kappa shape index (κ3) is 3.52. The summed E-state index contributed by atoms with van der Waals surface area (Å²) < 4.78 is 5.90. The lowest BCUT2D eigenvalue weighted by atomic mass is 10.1. The third-order valence-corrected chi connectivity index (χ3v) is 3.48. The molecular weight excluding hydrogens is 342 g/mol. The number of ether oxygens (including phenoxy) is 1. The van der Waals surface area contributed by atoms with Crippen molar-refractivity contribution in [3.8, 4) is 5.75 Å². The van der Waals surface area contributed by atoms with Gasteiger partial charge >= 0.3 is 0 Å². The first-order chi connectivity index (χ1) is 9.49. The Morgan fingerprint density at radius 1 is 1.25 bits per heavy atom. The van der Waals surface area contributed by atoms with Crippen LogP contribution in [0.4, 0.5) is 5.69 Å². The van der Waals surface area contributed by atoms with Crippen molar-refractivity contribution in [1.82, 2.24) is 0 Å². The lowest BCUT2D eigenvalue weighted by Crippen LogP contribution is -2.12. The van der Waals surface area contributed by atoms with E-state index in [9.17, 15) is 4.79 Å². The number of halogens is 2. The molecule has 0 heterocycles. The minimum absolute atomic E-state index is 0.207. The molecule has 1 amide bonds. The minimum Gasteiger partial charge on any atom is -0.497 e. The molecule has 104 valence electrons. The molecule has 2 aromatic carbocycles. The Kier molecular flexibility index (Phi) is 4.68. The van der Waals surface area contributed by atoms with Crippen LogP contribution in [-0.2, 0) is 0 Å². The molecule has 0 aliphatic heterocycles. The number of hydrogen-bond donors (Lipinski definition) is 1. The molecule has 0 fully saturated rings. The van der Waals surface area contributed by atoms with Crippen LogP contribution in [0.15, 0.2) is 40.9 Å². The van der Waals surface area contributed by atoms with E-state index in [-0.39, 0.29) is 5.91 Å². The number of benzene rings is 2. The molecule has 0 saturated heterocycles. The number of carbonyl (C=O) groups is 1. The highest BCUT2D eigenvalue weighted by molar-refractivity contribution is 9.10. The zero-order valence-electron chi connectivity index (χ0n) is 11.0. The Balaban J connectivity index is 2.23. The van der Waals surface area contributed by atoms with Gasteiger partial charge in [0.25, 0.3) is 5.91 Å². The fraction of sp³-hybridized carbons (Fsp3) is 0.133. The van der Waals surface area contributed by atoms with Crippen LogP contribution in [0.2, 0.25) is 5.02 Å². The second kappa shape index (κ2) is 6.29. The zero-order valence-corrected chi connectivity index (χ0v) is 13.4. The van der Waals surface area contributed by atoms with Gasteiger partial charge in [0.05, 0.1) is 7.11 Å². The third-order valence-electron chi connectivity index (χ3n) is 2.81. The summed E-state index contributed by atoms with van der Waals surface area (Å²) in [6, 6.07) is 10.6. The molecule has 5 heteroatoms. The summed E-state index contributed by atoms with van der Waals surface area (Å²) in [6.45, 7) is 1.91. The average Bonchev–Trinajstić information content (AvgIpc) is 2.39. The van der Waals surface area contributed by atoms with Crippen molar-refractivity contribution in [3.63, 3.8) is 0 Å². The van der Waals surface area contributed by atoms with Gasteiger partial charge in [0.2, 0.25) is 0 Å². The van der Waals surface area contributed by atoms with Gasteiger partial charge in [-0.3, -0.25) is 4.79 Å². The van der Waals surface area contributed by atoms with Crippen LogP contribution < -0.4 is 10.1 Å². The first-order valence-electron chi connectivity index (χ1n) is 5.91. The van der Waals surface area contributed by atoms with Crippen molar-refractivity contribution in [2.45, 2.75) is 6.92 Å². The molecule has 0 aromatic heterocycles. The molecule has 3 nitrogen and oxygen atoms in total. The van der Waals surface area contributed by atoms with Crippen molar-refractivity contribution >= 4 is 39.1 Å². The highest BCUT2D eigenvalue weighted by Gasteiger charge is 2.10. The summed E-state index contributed by atoms with van der Waals surface area (Å²) in [6.07, 6.45) is 0. The average molecular weight is 355 g/mol. The maximum absolute atomic E-state index is 12.2. The Hall–Kier alpha value is -1.52. The SMILES string of the molecule is COc1ccc(NC(=O)c2cc(Cl)cc(Br)c2)c(C)c1. The Labute approximate surface area is 131 Å². The fourth-order valence-electron chi connectivity index (χ4n) is 1.78. The van der Waals surface area contributed by atoms with Crippen LogP contribution in [0.3, 0.4) is 0 Å². The van der Waals surface area contributed by atoms with Gasteiger partial charge in [-0.2, -0.15) is 0 Å². The lowest BCUT2D eigenvalue weighted by Gasteiger charge is -2.10. The smallest absolute Gasteiger partial charge is 0.255 e. The summed E-state index contributed by atoms with van der Waals surface area (Å²) in [5.74, 6) is 0.549. The van der Waals surface area contributed by atoms with Gasteiger partial charge in [-0.15, -0.1) is 0 Å². The first kappa shape index (κ1) is 14.9. The second-order valence-electron chi connectivity index (χ2n) is 4.29. The molecule has 2 aromatic rings. The van der Waals surface area contributed by atoms with Gasteiger partial charge < -0.3 is 10.1 Å². The van der Waals surface area contributed by atoms with E-state index < -0.39 is 0 Å². The van der Waals surface area contributed by atoms with Gasteiger partial charge in [0.1, 0.15) is 5.75 Å². The quantitative estimate of drug-likeness (QED) is 0.869. The number of nitrogens with one attached hydrogen (secondary N) is 1. The van der Waals surface area contributed by atoms with E-state index in [0.717, 1.165) is 21.5 Å². The number of hydrogen-bond acceptors (Lipinski definition) is 2. The van der Waals surface area contributed by atoms with Crippen LogP contribution in [0.5, 0.6) is 5.75 Å². The van der Waals surface area contributed by atoms with E-state index in [0.29, 0.717) is 10.6 Å². The molecule has 0 atom stereocenters. The molecule has 0 saturated carbocycles. The van der Waals surface area contributed by atoms with Gasteiger partial charge in [0, 0.05) is 20.7 Å². The summed E-state index contributed by atoms with van der Waals surface area (Å²) in [7, 11) is 1.61. The highest BCUT2D eigenvalue weighted by atomic mass is 79.9. The van der Waals surface area contributed by atoms with Gasteiger partial charge in [-0.05, 0) is 48.9 Å². The minimum atomic E-state index is -0.207. The highest BCUT2D eigenvalue weighted by Crippen LogP contribution is 2.23. The van der Waals surface area contributed by atoms with E-state index in [2.05, 4.69) is 21.2 Å². The summed E-state index contributed by atoms with van der Waals surface area (Å²) in [5.41, 5.74) is 2.17. The predicted octanol–water partition coefficient (Wildman–Crippen LogP) is 4.67. The van der Waals surface area contributed by atoms with Crippen LogP contribution >= 0.6 is 27.5 Å². The molecule has 0 bridgehead atoms. The largest absolute Gasteiger partial charge is 0.497 e. The topological polar surface area (TPSA) is 38.3 Å². The molecule has 0 aliphatic rings. The Morgan fingerprint density at radius 2 is 2.00 bits per heavy atom. The van der Waals surface area contributed by atoms with Crippen LogP contribution in [-0.4, -0.2) is 13.0 Å². The second-order valence-corrected chi connectivity index (χ2v) is 5.65. The van der Waals surface area contributed by atoms with E-state index in [4.69, 9.17) is 16.3 Å².